The maximum Gasteiger partial charge on any atom is 0.325 e. The third-order valence-corrected chi connectivity index (χ3v) is 6.38. The molecule has 1 spiro atoms. The highest BCUT2D eigenvalue weighted by molar-refractivity contribution is 6.09. The molecule has 1 saturated heterocycles. The van der Waals surface area contributed by atoms with Gasteiger partial charge in [0.15, 0.2) is 0 Å². The first-order chi connectivity index (χ1) is 14.6. The highest BCUT2D eigenvalue weighted by Crippen LogP contribution is 2.39. The molecule has 1 aromatic carbocycles. The number of ether oxygens (including phenoxy) is 1. The number of nitrogens with one attached hydrogen (secondary N) is 1. The summed E-state index contributed by atoms with van der Waals surface area (Å²) in [6.45, 7) is 0.564. The van der Waals surface area contributed by atoms with Gasteiger partial charge in [-0.1, -0.05) is 30.3 Å². The molecular formula is C23H29N3O4. The van der Waals surface area contributed by atoms with Crippen LogP contribution in [0.4, 0.5) is 4.79 Å². The summed E-state index contributed by atoms with van der Waals surface area (Å²) in [6, 6.07) is 7.27. The number of benzene rings is 1. The van der Waals surface area contributed by atoms with Crippen molar-refractivity contribution in [2.24, 2.45) is 0 Å². The Kier molecular flexibility index (Phi) is 5.90. The molecule has 3 aliphatic rings. The smallest absolute Gasteiger partial charge is 0.325 e. The van der Waals surface area contributed by atoms with E-state index >= 15 is 0 Å². The molecule has 7 nitrogen and oxygen atoms in total. The summed E-state index contributed by atoms with van der Waals surface area (Å²) in [6.07, 6.45) is 8.26. The van der Waals surface area contributed by atoms with Gasteiger partial charge in [0.25, 0.3) is 5.91 Å². The minimum atomic E-state index is -1.05. The van der Waals surface area contributed by atoms with Crippen molar-refractivity contribution >= 4 is 17.8 Å². The van der Waals surface area contributed by atoms with E-state index in [1.165, 1.54) is 0 Å². The third kappa shape index (κ3) is 3.62. The minimum Gasteiger partial charge on any atom is -0.383 e. The van der Waals surface area contributed by atoms with E-state index in [1.807, 2.05) is 24.3 Å². The molecule has 30 heavy (non-hydrogen) atoms. The van der Waals surface area contributed by atoms with Crippen molar-refractivity contribution in [3.05, 3.63) is 47.2 Å². The largest absolute Gasteiger partial charge is 0.383 e. The van der Waals surface area contributed by atoms with Crippen molar-refractivity contribution in [1.29, 1.82) is 0 Å². The fourth-order valence-electron chi connectivity index (χ4n) is 4.85. The van der Waals surface area contributed by atoms with Crippen molar-refractivity contribution in [2.75, 3.05) is 26.8 Å². The Bertz CT molecular complexity index is 881. The third-order valence-electron chi connectivity index (χ3n) is 6.38. The van der Waals surface area contributed by atoms with Crippen molar-refractivity contribution in [3.8, 4) is 0 Å². The van der Waals surface area contributed by atoms with Crippen molar-refractivity contribution < 1.29 is 19.1 Å². The molecule has 2 aliphatic carbocycles. The van der Waals surface area contributed by atoms with Crippen LogP contribution in [0, 0.1) is 0 Å². The van der Waals surface area contributed by atoms with Crippen LogP contribution in [0.2, 0.25) is 0 Å². The molecule has 0 radical (unpaired) electrons. The van der Waals surface area contributed by atoms with E-state index in [0.717, 1.165) is 60.2 Å². The molecule has 1 heterocycles. The van der Waals surface area contributed by atoms with Gasteiger partial charge in [-0.2, -0.15) is 0 Å². The molecule has 160 valence electrons. The number of aryl methyl sites for hydroxylation is 1. The summed E-state index contributed by atoms with van der Waals surface area (Å²) in [7, 11) is 1.60. The molecular weight excluding hydrogens is 382 g/mol. The van der Waals surface area contributed by atoms with Gasteiger partial charge in [-0.15, -0.1) is 0 Å². The molecule has 4 amide bonds. The van der Waals surface area contributed by atoms with Crippen LogP contribution in [0.15, 0.2) is 36.0 Å². The predicted octanol–water partition coefficient (Wildman–Crippen LogP) is 2.70. The lowest BCUT2D eigenvalue weighted by atomic mass is 9.76. The number of amides is 4. The second-order valence-electron chi connectivity index (χ2n) is 8.22. The van der Waals surface area contributed by atoms with Crippen LogP contribution >= 0.6 is 0 Å². The Morgan fingerprint density at radius 2 is 2.03 bits per heavy atom. The number of urea groups is 1. The average Bonchev–Trinajstić information content (AvgIpc) is 3.00. The van der Waals surface area contributed by atoms with E-state index in [0.29, 0.717) is 19.6 Å². The molecule has 7 heteroatoms. The normalized spacial score (nSPS) is 23.2. The number of carbonyl (C=O) groups is 3. The number of methoxy groups -OCH3 is 1. The Balaban J connectivity index is 1.56. The number of hydrogen-bond acceptors (Lipinski definition) is 4. The number of hydrogen-bond donors (Lipinski definition) is 1. The summed E-state index contributed by atoms with van der Waals surface area (Å²) in [5.41, 5.74) is 1.86. The monoisotopic (exact) mass is 411 g/mol. The van der Waals surface area contributed by atoms with E-state index < -0.39 is 11.6 Å². The van der Waals surface area contributed by atoms with Gasteiger partial charge >= 0.3 is 6.03 Å². The summed E-state index contributed by atoms with van der Waals surface area (Å²) in [4.78, 5) is 42.2. The number of imide groups is 1. The summed E-state index contributed by atoms with van der Waals surface area (Å²) < 4.78 is 5.17. The number of fused-ring (bicyclic) bond motifs is 2. The number of allylic oxidation sites excluding steroid dienone is 2. The Morgan fingerprint density at radius 3 is 2.80 bits per heavy atom. The van der Waals surface area contributed by atoms with Gasteiger partial charge in [-0.3, -0.25) is 14.5 Å². The fraction of sp³-hybridized carbons (Fsp3) is 0.522. The van der Waals surface area contributed by atoms with E-state index in [1.54, 1.807) is 12.0 Å². The first-order valence-electron chi connectivity index (χ1n) is 10.8. The van der Waals surface area contributed by atoms with Gasteiger partial charge in [0.1, 0.15) is 12.1 Å². The maximum absolute atomic E-state index is 13.4. The molecule has 1 N–H and O–H groups in total. The van der Waals surface area contributed by atoms with Crippen LogP contribution in [-0.4, -0.2) is 54.5 Å². The molecule has 1 fully saturated rings. The van der Waals surface area contributed by atoms with Gasteiger partial charge in [0.05, 0.1) is 6.61 Å². The van der Waals surface area contributed by atoms with E-state index in [9.17, 15) is 14.4 Å². The van der Waals surface area contributed by atoms with Gasteiger partial charge in [-0.05, 0) is 56.1 Å². The second-order valence-corrected chi connectivity index (χ2v) is 8.22. The highest BCUT2D eigenvalue weighted by atomic mass is 16.5. The lowest BCUT2D eigenvalue weighted by Crippen LogP contribution is -2.47. The molecule has 1 aliphatic heterocycles. The Hall–Kier alpha value is -2.67. The van der Waals surface area contributed by atoms with Crippen LogP contribution < -0.4 is 5.32 Å². The van der Waals surface area contributed by atoms with E-state index in [4.69, 9.17) is 4.74 Å². The molecule has 4 rings (SSSR count). The summed E-state index contributed by atoms with van der Waals surface area (Å²) >= 11 is 0. The minimum absolute atomic E-state index is 0.246. The Morgan fingerprint density at radius 1 is 1.20 bits per heavy atom. The second kappa shape index (κ2) is 8.60. The van der Waals surface area contributed by atoms with E-state index in [2.05, 4.69) is 11.4 Å². The average molecular weight is 412 g/mol. The van der Waals surface area contributed by atoms with Gasteiger partial charge in [-0.25, -0.2) is 4.79 Å². The highest BCUT2D eigenvalue weighted by Gasteiger charge is 2.54. The Labute approximate surface area is 177 Å². The number of carbonyl (C=O) groups excluding carboxylic acids is 3. The zero-order valence-electron chi connectivity index (χ0n) is 17.5. The summed E-state index contributed by atoms with van der Waals surface area (Å²) in [5.74, 6) is -0.567. The maximum atomic E-state index is 13.4. The fourth-order valence-corrected chi connectivity index (χ4v) is 4.85. The zero-order chi connectivity index (χ0) is 21.1. The SMILES string of the molecule is COCCN(C(=O)CN1C(=O)N[C@@]2(CCCc3ccccc32)C1=O)C1=CCCCC1. The standard InChI is InChI=1S/C23H29N3O4/c1-30-15-14-25(18-10-3-2-4-11-18)20(27)16-26-21(28)23(24-22(26)29)13-7-9-17-8-5-6-12-19(17)23/h5-6,8,10,12H,2-4,7,9,11,13-16H2,1H3,(H,24,29)/t23-/m1/s1. The molecule has 0 bridgehead atoms. The van der Waals surface area contributed by atoms with Gasteiger partial charge < -0.3 is 15.0 Å². The first-order valence-corrected chi connectivity index (χ1v) is 10.8. The van der Waals surface area contributed by atoms with Crippen LogP contribution in [0.25, 0.3) is 0 Å². The van der Waals surface area contributed by atoms with Crippen LogP contribution in [0.5, 0.6) is 0 Å². The summed E-state index contributed by atoms with van der Waals surface area (Å²) in [5, 5.41) is 2.92. The quantitative estimate of drug-likeness (QED) is 0.730. The first kappa shape index (κ1) is 20.6. The van der Waals surface area contributed by atoms with Crippen LogP contribution in [0.3, 0.4) is 0 Å². The molecule has 0 saturated carbocycles. The predicted molar refractivity (Wildman–Crippen MR) is 111 cm³/mol. The van der Waals surface area contributed by atoms with Crippen molar-refractivity contribution in [2.45, 2.75) is 50.5 Å². The molecule has 0 aromatic heterocycles. The number of rotatable bonds is 6. The van der Waals surface area contributed by atoms with E-state index in [-0.39, 0.29) is 18.4 Å². The topological polar surface area (TPSA) is 79.0 Å². The van der Waals surface area contributed by atoms with Crippen molar-refractivity contribution in [3.63, 3.8) is 0 Å². The zero-order valence-corrected chi connectivity index (χ0v) is 17.5. The lowest BCUT2D eigenvalue weighted by Gasteiger charge is -2.33. The van der Waals surface area contributed by atoms with Crippen molar-refractivity contribution in [1.82, 2.24) is 15.1 Å². The van der Waals surface area contributed by atoms with Crippen LogP contribution in [-0.2, 0) is 26.3 Å². The van der Waals surface area contributed by atoms with Gasteiger partial charge in [0, 0.05) is 19.4 Å². The molecule has 1 atom stereocenters. The number of nitrogens with zero attached hydrogens (tertiary/aromatic N) is 2. The molecule has 1 aromatic rings. The van der Waals surface area contributed by atoms with Gasteiger partial charge in [0.2, 0.25) is 5.91 Å². The molecule has 0 unspecified atom stereocenters. The van der Waals surface area contributed by atoms with Crippen LogP contribution in [0.1, 0.15) is 49.7 Å². The lowest BCUT2D eigenvalue weighted by molar-refractivity contribution is -0.138.